The summed E-state index contributed by atoms with van der Waals surface area (Å²) >= 11 is 1.42. The van der Waals surface area contributed by atoms with Crippen LogP contribution in [0.2, 0.25) is 0 Å². The third-order valence-corrected chi connectivity index (χ3v) is 4.25. The molecule has 0 unspecified atom stereocenters. The Hall–Kier alpha value is -2.86. The first-order valence-electron chi connectivity index (χ1n) is 7.49. The highest BCUT2D eigenvalue weighted by molar-refractivity contribution is 8.00. The van der Waals surface area contributed by atoms with Crippen LogP contribution in [0.1, 0.15) is 15.9 Å². The molecule has 2 aromatic carbocycles. The van der Waals surface area contributed by atoms with Crippen LogP contribution in [-0.4, -0.2) is 28.5 Å². The second kappa shape index (κ2) is 8.84. The predicted molar refractivity (Wildman–Crippen MR) is 98.1 cm³/mol. The summed E-state index contributed by atoms with van der Waals surface area (Å²) < 4.78 is 0. The molecule has 0 atom stereocenters. The molecule has 0 aliphatic carbocycles. The first kappa shape index (κ1) is 18.5. The summed E-state index contributed by atoms with van der Waals surface area (Å²) in [5, 5.41) is 11.0. The molecule has 0 saturated carbocycles. The van der Waals surface area contributed by atoms with Crippen molar-refractivity contribution in [3.8, 4) is 0 Å². The van der Waals surface area contributed by atoms with Crippen LogP contribution in [-0.2, 0) is 9.59 Å². The number of carbonyl (C=O) groups excluding carboxylic acids is 2. The summed E-state index contributed by atoms with van der Waals surface area (Å²) in [6, 6.07) is 14.5. The van der Waals surface area contributed by atoms with Crippen LogP contribution < -0.4 is 5.32 Å². The second-order valence-corrected chi connectivity index (χ2v) is 6.31. The van der Waals surface area contributed by atoms with Gasteiger partial charge in [-0.1, -0.05) is 29.8 Å². The van der Waals surface area contributed by atoms with Gasteiger partial charge in [0.2, 0.25) is 5.91 Å². The highest BCUT2D eigenvalue weighted by Gasteiger charge is 2.07. The predicted octanol–water partition coefficient (Wildman–Crippen LogP) is 3.55. The molecule has 1 amide bonds. The lowest BCUT2D eigenvalue weighted by Gasteiger charge is -2.05. The van der Waals surface area contributed by atoms with E-state index in [1.54, 1.807) is 24.3 Å². The van der Waals surface area contributed by atoms with Gasteiger partial charge in [-0.2, -0.15) is 0 Å². The minimum Gasteiger partial charge on any atom is -0.478 e. The molecule has 5 nitrogen and oxygen atoms in total. The number of hydrogen-bond acceptors (Lipinski definition) is 4. The van der Waals surface area contributed by atoms with E-state index >= 15 is 0 Å². The Bertz CT molecular complexity index is 795. The summed E-state index contributed by atoms with van der Waals surface area (Å²) in [5.74, 6) is -1.31. The molecule has 25 heavy (non-hydrogen) atoms. The number of carboxylic acid groups (broad SMARTS) is 1. The summed E-state index contributed by atoms with van der Waals surface area (Å²) in [6.07, 6.45) is 1.72. The number of benzene rings is 2. The van der Waals surface area contributed by atoms with E-state index in [4.69, 9.17) is 5.11 Å². The van der Waals surface area contributed by atoms with Gasteiger partial charge in [0.15, 0.2) is 5.78 Å². The number of ketones is 1. The number of thioether (sulfide) groups is 1. The summed E-state index contributed by atoms with van der Waals surface area (Å²) in [5.41, 5.74) is 2.35. The van der Waals surface area contributed by atoms with Crippen LogP contribution in [0.5, 0.6) is 0 Å². The Kier molecular flexibility index (Phi) is 6.54. The van der Waals surface area contributed by atoms with Crippen molar-refractivity contribution >= 4 is 35.1 Å². The molecule has 0 aliphatic rings. The van der Waals surface area contributed by atoms with Crippen LogP contribution in [0.4, 0.5) is 5.69 Å². The second-order valence-electron chi connectivity index (χ2n) is 5.26. The Morgan fingerprint density at radius 2 is 1.64 bits per heavy atom. The third kappa shape index (κ3) is 6.27. The zero-order chi connectivity index (χ0) is 18.2. The molecular formula is C19H17NO4S. The fraction of sp³-hybridized carbons (Fsp3) is 0.105. The molecule has 0 heterocycles. The van der Waals surface area contributed by atoms with Gasteiger partial charge in [0.25, 0.3) is 0 Å². The lowest BCUT2D eigenvalue weighted by molar-refractivity contribution is -0.131. The minimum absolute atomic E-state index is 0.0567. The fourth-order valence-electron chi connectivity index (χ4n) is 1.94. The van der Waals surface area contributed by atoms with E-state index < -0.39 is 11.9 Å². The van der Waals surface area contributed by atoms with Crippen molar-refractivity contribution in [2.75, 3.05) is 11.1 Å². The van der Waals surface area contributed by atoms with E-state index in [2.05, 4.69) is 5.32 Å². The molecule has 2 N–H and O–H groups in total. The molecule has 0 fully saturated rings. The highest BCUT2D eigenvalue weighted by atomic mass is 32.2. The van der Waals surface area contributed by atoms with E-state index in [0.717, 1.165) is 22.6 Å². The lowest BCUT2D eigenvalue weighted by Crippen LogP contribution is -2.08. The number of carboxylic acids is 1. The number of carbonyl (C=O) groups is 3. The van der Waals surface area contributed by atoms with Crippen molar-refractivity contribution in [3.05, 3.63) is 71.8 Å². The molecule has 0 aromatic heterocycles. The van der Waals surface area contributed by atoms with Crippen LogP contribution in [0.25, 0.3) is 0 Å². The number of anilines is 1. The van der Waals surface area contributed by atoms with Crippen molar-refractivity contribution in [3.63, 3.8) is 0 Å². The van der Waals surface area contributed by atoms with Gasteiger partial charge in [0.05, 0.1) is 5.75 Å². The van der Waals surface area contributed by atoms with Gasteiger partial charge in [-0.25, -0.2) is 4.79 Å². The Morgan fingerprint density at radius 3 is 2.24 bits per heavy atom. The molecule has 0 spiro atoms. The van der Waals surface area contributed by atoms with Crippen LogP contribution in [0, 0.1) is 6.92 Å². The molecule has 2 rings (SSSR count). The van der Waals surface area contributed by atoms with Crippen LogP contribution >= 0.6 is 11.8 Å². The van der Waals surface area contributed by atoms with Gasteiger partial charge >= 0.3 is 5.97 Å². The molecule has 0 aliphatic heterocycles. The van der Waals surface area contributed by atoms with E-state index in [9.17, 15) is 14.4 Å². The van der Waals surface area contributed by atoms with E-state index in [1.165, 1.54) is 11.8 Å². The topological polar surface area (TPSA) is 83.5 Å². The maximum atomic E-state index is 12.1. The number of hydrogen-bond donors (Lipinski definition) is 2. The highest BCUT2D eigenvalue weighted by Crippen LogP contribution is 2.21. The number of aliphatic carboxylic acids is 1. The summed E-state index contributed by atoms with van der Waals surface area (Å²) in [4.78, 5) is 34.9. The minimum atomic E-state index is -1.18. The van der Waals surface area contributed by atoms with Crippen molar-refractivity contribution in [2.45, 2.75) is 11.8 Å². The largest absolute Gasteiger partial charge is 0.478 e. The number of aryl methyl sites for hydroxylation is 1. The Labute approximate surface area is 149 Å². The van der Waals surface area contributed by atoms with Crippen molar-refractivity contribution in [2.24, 2.45) is 0 Å². The van der Waals surface area contributed by atoms with Gasteiger partial charge in [-0.05, 0) is 31.2 Å². The molecule has 2 aromatic rings. The van der Waals surface area contributed by atoms with Crippen molar-refractivity contribution < 1.29 is 19.5 Å². The van der Waals surface area contributed by atoms with E-state index in [1.807, 2.05) is 31.2 Å². The quantitative estimate of drug-likeness (QED) is 0.451. The first-order valence-corrected chi connectivity index (χ1v) is 8.47. The normalized spacial score (nSPS) is 10.6. The average Bonchev–Trinajstić information content (AvgIpc) is 2.60. The smallest absolute Gasteiger partial charge is 0.328 e. The average molecular weight is 355 g/mol. The maximum absolute atomic E-state index is 12.1. The molecule has 128 valence electrons. The van der Waals surface area contributed by atoms with Gasteiger partial charge in [0, 0.05) is 28.3 Å². The van der Waals surface area contributed by atoms with Gasteiger partial charge in [-0.15, -0.1) is 11.8 Å². The zero-order valence-electron chi connectivity index (χ0n) is 13.6. The molecule has 0 radical (unpaired) electrons. The number of rotatable bonds is 7. The monoisotopic (exact) mass is 355 g/mol. The fourth-order valence-corrected chi connectivity index (χ4v) is 2.73. The molecule has 0 bridgehead atoms. The number of Topliss-reactive ketones (excluding diaryl/α,β-unsaturated/α-hetero) is 1. The van der Waals surface area contributed by atoms with E-state index in [0.29, 0.717) is 17.0 Å². The van der Waals surface area contributed by atoms with Gasteiger partial charge in [0.1, 0.15) is 0 Å². The molecule has 0 saturated heterocycles. The van der Waals surface area contributed by atoms with Gasteiger partial charge in [-0.3, -0.25) is 9.59 Å². The molecular weight excluding hydrogens is 338 g/mol. The summed E-state index contributed by atoms with van der Waals surface area (Å²) in [7, 11) is 0. The first-order chi connectivity index (χ1) is 11.9. The van der Waals surface area contributed by atoms with Gasteiger partial charge < -0.3 is 10.4 Å². The zero-order valence-corrected chi connectivity index (χ0v) is 14.4. The molecule has 6 heteroatoms. The Morgan fingerprint density at radius 1 is 1.00 bits per heavy atom. The van der Waals surface area contributed by atoms with E-state index in [-0.39, 0.29) is 5.78 Å². The van der Waals surface area contributed by atoms with Crippen LogP contribution in [0.3, 0.4) is 0 Å². The lowest BCUT2D eigenvalue weighted by atomic mass is 10.1. The number of nitrogens with one attached hydrogen (secondary N) is 1. The number of amides is 1. The van der Waals surface area contributed by atoms with Crippen LogP contribution in [0.15, 0.2) is 65.6 Å². The third-order valence-electron chi connectivity index (χ3n) is 3.24. The van der Waals surface area contributed by atoms with Crippen molar-refractivity contribution in [1.82, 2.24) is 0 Å². The maximum Gasteiger partial charge on any atom is 0.328 e. The summed E-state index contributed by atoms with van der Waals surface area (Å²) in [6.45, 7) is 1.97. The van der Waals surface area contributed by atoms with Crippen molar-refractivity contribution in [1.29, 1.82) is 0 Å². The Balaban J connectivity index is 1.87. The standard InChI is InChI=1S/C19H17NO4S/c1-13-2-4-14(5-3-13)17(21)12-25-16-8-6-15(7-9-16)20-18(22)10-11-19(23)24/h2-11H,12H2,1H3,(H,20,22)(H,23,24)/b11-10+. The SMILES string of the molecule is Cc1ccc(C(=O)CSc2ccc(NC(=O)/C=C/C(=O)O)cc2)cc1.